The van der Waals surface area contributed by atoms with Crippen LogP contribution in [-0.4, -0.2) is 101 Å². The minimum Gasteiger partial charge on any atom is -0.444 e. The first-order chi connectivity index (χ1) is 39.3. The molecule has 2 atom stereocenters. The number of nitrogens with zero attached hydrogens (tertiary/aromatic N) is 13. The van der Waals surface area contributed by atoms with E-state index >= 15 is 0 Å². The molecule has 2 aromatic carbocycles. The molecule has 22 nitrogen and oxygen atoms in total. The maximum Gasteiger partial charge on any atom is 0.410 e. The van der Waals surface area contributed by atoms with E-state index in [0.717, 1.165) is 70.0 Å². The van der Waals surface area contributed by atoms with Gasteiger partial charge in [0.25, 0.3) is 11.8 Å². The van der Waals surface area contributed by atoms with Crippen LogP contribution in [0.5, 0.6) is 0 Å². The van der Waals surface area contributed by atoms with Gasteiger partial charge in [-0.05, 0) is 126 Å². The fourth-order valence-electron chi connectivity index (χ4n) is 9.62. The number of ketones is 2. The van der Waals surface area contributed by atoms with Crippen LogP contribution in [0.15, 0.2) is 94.5 Å². The van der Waals surface area contributed by atoms with E-state index in [2.05, 4.69) is 102 Å². The maximum absolute atomic E-state index is 13.4. The van der Waals surface area contributed by atoms with Gasteiger partial charge in [-0.15, -0.1) is 20.4 Å². The van der Waals surface area contributed by atoms with Crippen LogP contribution in [0.3, 0.4) is 0 Å². The zero-order chi connectivity index (χ0) is 59.4. The normalized spacial score (nSPS) is 15.6. The van der Waals surface area contributed by atoms with Crippen molar-refractivity contribution in [3.8, 4) is 22.5 Å². The predicted octanol–water partition coefficient (Wildman–Crippen LogP) is 12.0. The van der Waals surface area contributed by atoms with Gasteiger partial charge in [-0.3, -0.25) is 19.0 Å². The number of hydrogen-bond donors (Lipinski definition) is 3. The molecule has 1 amide bonds. The average Bonchev–Trinajstić information content (AvgIpc) is 4.44. The van der Waals surface area contributed by atoms with Gasteiger partial charge in [0.15, 0.2) is 0 Å². The summed E-state index contributed by atoms with van der Waals surface area (Å²) in [5, 5.41) is 34.9. The van der Waals surface area contributed by atoms with Gasteiger partial charge in [-0.25, -0.2) is 24.7 Å². The molecule has 0 bridgehead atoms. The van der Waals surface area contributed by atoms with Crippen LogP contribution in [0.2, 0.25) is 0 Å². The number of rotatable bonds is 14. The maximum atomic E-state index is 13.4. The minimum absolute atomic E-state index is 0.00583. The van der Waals surface area contributed by atoms with Crippen LogP contribution in [0.4, 0.5) is 28.1 Å². The van der Waals surface area contributed by atoms with E-state index in [1.807, 2.05) is 114 Å². The largest absolute Gasteiger partial charge is 0.444 e. The molecular formula is C61H76N16O6. The van der Waals surface area contributed by atoms with Gasteiger partial charge < -0.3 is 34.4 Å². The fraction of sp³-hybridized carbons (Fsp3) is 0.459. The van der Waals surface area contributed by atoms with Crippen molar-refractivity contribution in [3.05, 3.63) is 132 Å². The highest BCUT2D eigenvalue weighted by Crippen LogP contribution is 2.37. The number of carbonyl (C=O) groups excluding carboxylic acids is 3. The zero-order valence-corrected chi connectivity index (χ0v) is 49.8. The lowest BCUT2D eigenvalue weighted by atomic mass is 9.87. The third-order valence-electron chi connectivity index (χ3n) is 14.1. The first kappa shape index (κ1) is 59.1. The SMILES string of the molecule is CC(C)n1cc(Nc2nccc(-c3ccc4c(c3)CN(C(=O)OC(C)(C)C)CC[C@H]4CC(=O)c3nnc(C(C)(C)C)o3)n2)cn1.CC(C)n1cc(Nc2nccc(-c3ccc4c(c3)CNCC[C@H]4CC(=O)c3nnc(C(C)(C)C)o3)n2)cn1. The summed E-state index contributed by atoms with van der Waals surface area (Å²) in [6, 6.07) is 16.6. The van der Waals surface area contributed by atoms with Crippen LogP contribution < -0.4 is 16.0 Å². The topological polar surface area (TPSA) is 265 Å². The Morgan fingerprint density at radius 2 is 1.13 bits per heavy atom. The summed E-state index contributed by atoms with van der Waals surface area (Å²) >= 11 is 0. The summed E-state index contributed by atoms with van der Waals surface area (Å²) < 4.78 is 20.9. The number of carbonyl (C=O) groups is 3. The van der Waals surface area contributed by atoms with Gasteiger partial charge in [-0.2, -0.15) is 10.2 Å². The highest BCUT2D eigenvalue weighted by Gasteiger charge is 2.33. The molecule has 436 valence electrons. The van der Waals surface area contributed by atoms with Crippen molar-refractivity contribution in [2.24, 2.45) is 0 Å². The molecule has 0 saturated carbocycles. The quantitative estimate of drug-likeness (QED) is 0.0854. The van der Waals surface area contributed by atoms with E-state index in [1.165, 1.54) is 0 Å². The van der Waals surface area contributed by atoms with E-state index in [0.29, 0.717) is 55.3 Å². The third kappa shape index (κ3) is 14.9. The lowest BCUT2D eigenvalue weighted by molar-refractivity contribution is 0.0234. The summed E-state index contributed by atoms with van der Waals surface area (Å²) in [5.74, 6) is 1.48. The summed E-state index contributed by atoms with van der Waals surface area (Å²) in [6.45, 7) is 28.0. The molecule has 0 radical (unpaired) electrons. The van der Waals surface area contributed by atoms with Gasteiger partial charge in [0, 0.05) is 91.3 Å². The molecule has 0 unspecified atom stereocenters. The number of Topliss-reactive ketones (excluding diaryl/α,β-unsaturated/α-hetero) is 2. The number of ether oxygens (including phenoxy) is 1. The first-order valence-corrected chi connectivity index (χ1v) is 28.3. The number of amides is 1. The molecular weight excluding hydrogens is 1050 g/mol. The van der Waals surface area contributed by atoms with E-state index < -0.39 is 11.7 Å². The number of hydrogen-bond acceptors (Lipinski definition) is 19. The Bertz CT molecular complexity index is 3570. The van der Waals surface area contributed by atoms with Crippen molar-refractivity contribution < 1.29 is 28.0 Å². The molecule has 2 aliphatic heterocycles. The molecule has 2 aliphatic rings. The highest BCUT2D eigenvalue weighted by molar-refractivity contribution is 5.92. The summed E-state index contributed by atoms with van der Waals surface area (Å²) in [5.41, 5.74) is 7.94. The molecule has 6 aromatic heterocycles. The smallest absolute Gasteiger partial charge is 0.410 e. The molecule has 83 heavy (non-hydrogen) atoms. The second-order valence-electron chi connectivity index (χ2n) is 24.8. The molecule has 0 saturated heterocycles. The standard InChI is InChI=1S/C33H42N8O4.C28H34N8O2/c1-20(2)41-19-24(17-35-41)36-30-34-13-11-26(37-30)22-9-10-25-21(16-27(42)28-38-39-29(44-28)32(3,4)5)12-14-40(18-23(25)15-22)31(43)45-33(6,7)8;1-17(2)36-16-21(15-31-36)32-27-30-11-9-23(33-27)19-6-7-22-18(8-10-29-14-20(22)12-19)13-24(37)25-34-35-26(38-25)28(3,4)5/h9-11,13,15,17,19-21H,12,14,16,18H2,1-8H3,(H,34,36,37);6-7,9,11-12,15-18,29H,8,10,13-14H2,1-5H3,(H,30,32,33)/t21-;18-/m00/s1. The lowest BCUT2D eigenvalue weighted by Crippen LogP contribution is -2.36. The third-order valence-corrected chi connectivity index (χ3v) is 14.1. The fourth-order valence-corrected chi connectivity index (χ4v) is 9.62. The van der Waals surface area contributed by atoms with Crippen molar-refractivity contribution in [3.63, 3.8) is 0 Å². The molecule has 22 heteroatoms. The number of anilines is 4. The summed E-state index contributed by atoms with van der Waals surface area (Å²) in [4.78, 5) is 59.6. The van der Waals surface area contributed by atoms with Crippen molar-refractivity contribution in [1.29, 1.82) is 0 Å². The Labute approximate surface area is 484 Å². The van der Waals surface area contributed by atoms with E-state index in [1.54, 1.807) is 29.7 Å². The van der Waals surface area contributed by atoms with Gasteiger partial charge in [0.2, 0.25) is 35.2 Å². The van der Waals surface area contributed by atoms with Crippen LogP contribution in [0.25, 0.3) is 22.5 Å². The summed E-state index contributed by atoms with van der Waals surface area (Å²) in [7, 11) is 0. The zero-order valence-electron chi connectivity index (χ0n) is 49.8. The number of fused-ring (bicyclic) bond motifs is 2. The lowest BCUT2D eigenvalue weighted by Gasteiger charge is -2.26. The minimum atomic E-state index is -0.637. The molecule has 8 heterocycles. The van der Waals surface area contributed by atoms with Crippen LogP contribution in [0.1, 0.15) is 195 Å². The second kappa shape index (κ2) is 24.5. The predicted molar refractivity (Wildman–Crippen MR) is 314 cm³/mol. The van der Waals surface area contributed by atoms with Crippen LogP contribution in [-0.2, 0) is 28.7 Å². The first-order valence-electron chi connectivity index (χ1n) is 28.3. The van der Waals surface area contributed by atoms with Gasteiger partial charge >= 0.3 is 6.09 Å². The van der Waals surface area contributed by atoms with Crippen molar-refractivity contribution in [1.82, 2.24) is 70.1 Å². The van der Waals surface area contributed by atoms with Gasteiger partial charge in [-0.1, -0.05) is 65.8 Å². The Balaban J connectivity index is 0.000000202. The monoisotopic (exact) mass is 1130 g/mol. The Kier molecular flexibility index (Phi) is 17.5. The number of aromatic nitrogens is 12. The number of benzene rings is 2. The van der Waals surface area contributed by atoms with E-state index in [9.17, 15) is 14.4 Å². The van der Waals surface area contributed by atoms with Crippen molar-refractivity contribution >= 4 is 40.9 Å². The molecule has 3 N–H and O–H groups in total. The van der Waals surface area contributed by atoms with E-state index in [4.69, 9.17) is 23.5 Å². The van der Waals surface area contributed by atoms with Crippen molar-refractivity contribution in [2.45, 2.75) is 169 Å². The molecule has 8 aromatic rings. The molecule has 10 rings (SSSR count). The van der Waals surface area contributed by atoms with Crippen LogP contribution in [0, 0.1) is 0 Å². The summed E-state index contributed by atoms with van der Waals surface area (Å²) in [6.07, 6.45) is 12.3. The number of nitrogens with one attached hydrogen (secondary N) is 3. The Hall–Kier alpha value is -8.53. The molecule has 0 spiro atoms. The molecule has 0 fully saturated rings. The Morgan fingerprint density at radius 1 is 0.651 bits per heavy atom. The van der Waals surface area contributed by atoms with Gasteiger partial charge in [0.05, 0.1) is 35.2 Å². The van der Waals surface area contributed by atoms with E-state index in [-0.39, 0.29) is 64.5 Å². The van der Waals surface area contributed by atoms with Crippen molar-refractivity contribution in [2.75, 3.05) is 23.7 Å². The molecule has 0 aliphatic carbocycles. The second-order valence-corrected chi connectivity index (χ2v) is 24.8. The average molecular weight is 1130 g/mol. The van der Waals surface area contributed by atoms with Gasteiger partial charge in [0.1, 0.15) is 5.60 Å². The highest BCUT2D eigenvalue weighted by atomic mass is 16.6. The Morgan fingerprint density at radius 3 is 1.59 bits per heavy atom. The van der Waals surface area contributed by atoms with Crippen LogP contribution >= 0.6 is 0 Å².